The number of nitrogens with zero attached hydrogens (tertiary/aromatic N) is 3. The average Bonchev–Trinajstić information content (AvgIpc) is 2.47. The number of carbonyl (C=O) groups is 1. The third kappa shape index (κ3) is 3.25. The first-order valence-electron chi connectivity index (χ1n) is 5.55. The molecule has 1 aromatic heterocycles. The second-order valence-corrected chi connectivity index (χ2v) is 3.81. The standard InChI is InChI=1S/C11H9FN6O3/c12-7-3-6(1-2-9(7)18(20)21)16-11(19)8-4-15-10(17-13)5-14-8/h1-5H,13H2,(H,15,17)(H,16,19). The lowest BCUT2D eigenvalue weighted by Crippen LogP contribution is -2.15. The summed E-state index contributed by atoms with van der Waals surface area (Å²) >= 11 is 0. The molecule has 0 bridgehead atoms. The highest BCUT2D eigenvalue weighted by Gasteiger charge is 2.15. The molecule has 108 valence electrons. The minimum atomic E-state index is -1.05. The molecule has 0 aliphatic carbocycles. The van der Waals surface area contributed by atoms with Gasteiger partial charge in [0.25, 0.3) is 5.91 Å². The Kier molecular flexibility index (Phi) is 4.00. The van der Waals surface area contributed by atoms with Gasteiger partial charge >= 0.3 is 5.69 Å². The number of nitro groups is 1. The summed E-state index contributed by atoms with van der Waals surface area (Å²) < 4.78 is 13.4. The molecule has 21 heavy (non-hydrogen) atoms. The Morgan fingerprint density at radius 3 is 2.62 bits per heavy atom. The van der Waals surface area contributed by atoms with Crippen LogP contribution in [0, 0.1) is 15.9 Å². The molecule has 0 saturated carbocycles. The summed E-state index contributed by atoms with van der Waals surface area (Å²) in [6.07, 6.45) is 2.41. The number of hydrazine groups is 1. The van der Waals surface area contributed by atoms with E-state index in [0.29, 0.717) is 0 Å². The van der Waals surface area contributed by atoms with Gasteiger partial charge in [0.05, 0.1) is 17.3 Å². The molecule has 0 aliphatic heterocycles. The molecule has 0 unspecified atom stereocenters. The zero-order valence-corrected chi connectivity index (χ0v) is 10.4. The lowest BCUT2D eigenvalue weighted by Gasteiger charge is -2.05. The molecule has 0 fully saturated rings. The van der Waals surface area contributed by atoms with Gasteiger partial charge in [0.1, 0.15) is 5.69 Å². The van der Waals surface area contributed by atoms with E-state index in [-0.39, 0.29) is 17.2 Å². The average molecular weight is 292 g/mol. The lowest BCUT2D eigenvalue weighted by molar-refractivity contribution is -0.387. The van der Waals surface area contributed by atoms with Gasteiger partial charge in [-0.25, -0.2) is 15.8 Å². The van der Waals surface area contributed by atoms with Crippen molar-refractivity contribution in [3.8, 4) is 0 Å². The second-order valence-electron chi connectivity index (χ2n) is 3.81. The maximum Gasteiger partial charge on any atom is 0.304 e. The fourth-order valence-electron chi connectivity index (χ4n) is 1.45. The number of nitrogen functional groups attached to an aromatic ring is 1. The monoisotopic (exact) mass is 292 g/mol. The summed E-state index contributed by atoms with van der Waals surface area (Å²) in [5.74, 6) is 3.69. The van der Waals surface area contributed by atoms with E-state index in [1.807, 2.05) is 0 Å². The van der Waals surface area contributed by atoms with E-state index in [0.717, 1.165) is 12.1 Å². The molecule has 10 heteroatoms. The second kappa shape index (κ2) is 5.88. The summed E-state index contributed by atoms with van der Waals surface area (Å²) in [4.78, 5) is 29.0. The predicted octanol–water partition coefficient (Wildman–Crippen LogP) is 1.06. The molecule has 2 aromatic rings. The van der Waals surface area contributed by atoms with Gasteiger partial charge in [-0.05, 0) is 6.07 Å². The minimum Gasteiger partial charge on any atom is -0.320 e. The van der Waals surface area contributed by atoms with Gasteiger partial charge in [0.2, 0.25) is 5.82 Å². The summed E-state index contributed by atoms with van der Waals surface area (Å²) in [5, 5.41) is 12.8. The number of aromatic nitrogens is 2. The first-order chi connectivity index (χ1) is 10.0. The molecule has 0 aliphatic rings. The Morgan fingerprint density at radius 2 is 2.10 bits per heavy atom. The Balaban J connectivity index is 2.15. The van der Waals surface area contributed by atoms with E-state index in [1.165, 1.54) is 18.5 Å². The maximum atomic E-state index is 13.4. The quantitative estimate of drug-likeness (QED) is 0.435. The molecule has 1 heterocycles. The number of rotatable bonds is 4. The van der Waals surface area contributed by atoms with Gasteiger partial charge in [-0.15, -0.1) is 0 Å². The lowest BCUT2D eigenvalue weighted by atomic mass is 10.2. The van der Waals surface area contributed by atoms with Crippen LogP contribution < -0.4 is 16.6 Å². The van der Waals surface area contributed by atoms with Gasteiger partial charge in [0, 0.05) is 17.8 Å². The number of carbonyl (C=O) groups excluding carboxylic acids is 1. The summed E-state index contributed by atoms with van der Waals surface area (Å²) in [6, 6.07) is 3.01. The number of benzene rings is 1. The molecule has 0 saturated heterocycles. The van der Waals surface area contributed by atoms with Crippen LogP contribution >= 0.6 is 0 Å². The van der Waals surface area contributed by atoms with Crippen LogP contribution in [-0.4, -0.2) is 20.8 Å². The first kappa shape index (κ1) is 14.3. The number of amides is 1. The van der Waals surface area contributed by atoms with Crippen molar-refractivity contribution in [2.45, 2.75) is 0 Å². The number of hydrogen-bond acceptors (Lipinski definition) is 7. The van der Waals surface area contributed by atoms with Crippen molar-refractivity contribution >= 4 is 23.1 Å². The molecule has 0 spiro atoms. The fraction of sp³-hybridized carbons (Fsp3) is 0. The smallest absolute Gasteiger partial charge is 0.304 e. The van der Waals surface area contributed by atoms with Crippen LogP contribution in [0.5, 0.6) is 0 Å². The van der Waals surface area contributed by atoms with E-state index in [1.54, 1.807) is 0 Å². The van der Waals surface area contributed by atoms with Crippen molar-refractivity contribution in [1.82, 2.24) is 9.97 Å². The van der Waals surface area contributed by atoms with Gasteiger partial charge in [-0.1, -0.05) is 0 Å². The van der Waals surface area contributed by atoms with Crippen molar-refractivity contribution in [1.29, 1.82) is 0 Å². The highest BCUT2D eigenvalue weighted by atomic mass is 19.1. The number of nitrogens with one attached hydrogen (secondary N) is 2. The van der Waals surface area contributed by atoms with E-state index in [2.05, 4.69) is 20.7 Å². The Labute approximate surface area is 117 Å². The topological polar surface area (TPSA) is 136 Å². The zero-order chi connectivity index (χ0) is 15.4. The fourth-order valence-corrected chi connectivity index (χ4v) is 1.45. The van der Waals surface area contributed by atoms with Crippen LogP contribution in [0.4, 0.5) is 21.6 Å². The van der Waals surface area contributed by atoms with E-state index < -0.39 is 22.3 Å². The molecule has 0 radical (unpaired) electrons. The van der Waals surface area contributed by atoms with E-state index >= 15 is 0 Å². The highest BCUT2D eigenvalue weighted by Crippen LogP contribution is 2.21. The number of hydrogen-bond donors (Lipinski definition) is 3. The van der Waals surface area contributed by atoms with Gasteiger partial charge in [-0.2, -0.15) is 4.39 Å². The predicted molar refractivity (Wildman–Crippen MR) is 70.8 cm³/mol. The van der Waals surface area contributed by atoms with Crippen LogP contribution in [0.3, 0.4) is 0 Å². The first-order valence-corrected chi connectivity index (χ1v) is 5.55. The molecular weight excluding hydrogens is 283 g/mol. The molecule has 0 atom stereocenters. The van der Waals surface area contributed by atoms with E-state index in [4.69, 9.17) is 5.84 Å². The molecular formula is C11H9FN6O3. The van der Waals surface area contributed by atoms with Crippen molar-refractivity contribution in [2.24, 2.45) is 5.84 Å². The van der Waals surface area contributed by atoms with Crippen LogP contribution in [0.2, 0.25) is 0 Å². The SMILES string of the molecule is NNc1cnc(C(=O)Nc2ccc([N+](=O)[O-])c(F)c2)cn1. The summed E-state index contributed by atoms with van der Waals surface area (Å²) in [7, 11) is 0. The Hall–Kier alpha value is -3.14. The summed E-state index contributed by atoms with van der Waals surface area (Å²) in [6.45, 7) is 0. The van der Waals surface area contributed by atoms with Gasteiger partial charge < -0.3 is 10.7 Å². The molecule has 2 rings (SSSR count). The molecule has 1 amide bonds. The van der Waals surface area contributed by atoms with Crippen LogP contribution in [0.1, 0.15) is 10.5 Å². The van der Waals surface area contributed by atoms with Gasteiger partial charge in [0.15, 0.2) is 5.82 Å². The van der Waals surface area contributed by atoms with Crippen molar-refractivity contribution < 1.29 is 14.1 Å². The number of halogens is 1. The third-order valence-corrected chi connectivity index (χ3v) is 2.43. The molecule has 4 N–H and O–H groups in total. The molecule has 1 aromatic carbocycles. The third-order valence-electron chi connectivity index (χ3n) is 2.43. The van der Waals surface area contributed by atoms with E-state index in [9.17, 15) is 19.3 Å². The Bertz CT molecular complexity index is 691. The normalized spacial score (nSPS) is 10.0. The van der Waals surface area contributed by atoms with Crippen LogP contribution in [-0.2, 0) is 0 Å². The van der Waals surface area contributed by atoms with Crippen molar-refractivity contribution in [3.05, 3.63) is 52.2 Å². The largest absolute Gasteiger partial charge is 0.320 e. The van der Waals surface area contributed by atoms with Crippen molar-refractivity contribution in [2.75, 3.05) is 10.7 Å². The Morgan fingerprint density at radius 1 is 1.33 bits per heavy atom. The summed E-state index contributed by atoms with van der Waals surface area (Å²) in [5.41, 5.74) is 1.61. The number of nitro benzene ring substituents is 1. The van der Waals surface area contributed by atoms with Gasteiger partial charge in [-0.3, -0.25) is 14.9 Å². The number of anilines is 2. The van der Waals surface area contributed by atoms with Crippen molar-refractivity contribution in [3.63, 3.8) is 0 Å². The maximum absolute atomic E-state index is 13.4. The van der Waals surface area contributed by atoms with Crippen LogP contribution in [0.25, 0.3) is 0 Å². The molecule has 9 nitrogen and oxygen atoms in total. The minimum absolute atomic E-state index is 0.0206. The zero-order valence-electron chi connectivity index (χ0n) is 10.4. The van der Waals surface area contributed by atoms with Crippen LogP contribution in [0.15, 0.2) is 30.6 Å². The highest BCUT2D eigenvalue weighted by molar-refractivity contribution is 6.02. The number of nitrogens with two attached hydrogens (primary N) is 1.